The number of aromatic nitrogens is 4. The minimum Gasteiger partial charge on any atom is -0.414 e. The first-order valence-electron chi connectivity index (χ1n) is 10.3. The third kappa shape index (κ3) is 4.79. The van der Waals surface area contributed by atoms with Crippen LogP contribution in [-0.4, -0.2) is 38.2 Å². The van der Waals surface area contributed by atoms with E-state index in [1.165, 1.54) is 39.9 Å². The Morgan fingerprint density at radius 3 is 2.68 bits per heavy atom. The van der Waals surface area contributed by atoms with E-state index in [9.17, 15) is 0 Å². The van der Waals surface area contributed by atoms with E-state index in [1.807, 2.05) is 6.07 Å². The zero-order valence-corrected chi connectivity index (χ0v) is 19.9. The first kappa shape index (κ1) is 20.9. The van der Waals surface area contributed by atoms with Crippen LogP contribution < -0.4 is 0 Å². The van der Waals surface area contributed by atoms with E-state index in [2.05, 4.69) is 53.2 Å². The summed E-state index contributed by atoms with van der Waals surface area (Å²) in [6.07, 6.45) is 2.49. The number of hydrogen-bond donors (Lipinski definition) is 0. The van der Waals surface area contributed by atoms with E-state index in [4.69, 9.17) is 14.4 Å². The number of nitrogens with zero attached hydrogens (tertiary/aromatic N) is 5. The number of likely N-dealkylation sites (tertiary alicyclic amines) is 1. The lowest BCUT2D eigenvalue weighted by Gasteiger charge is -2.10. The fourth-order valence-electron chi connectivity index (χ4n) is 3.62. The molecule has 5 rings (SSSR count). The maximum absolute atomic E-state index is 5.95. The van der Waals surface area contributed by atoms with E-state index >= 15 is 0 Å². The van der Waals surface area contributed by atoms with Crippen LogP contribution in [0.5, 0.6) is 0 Å². The number of rotatable bonds is 7. The van der Waals surface area contributed by atoms with E-state index in [1.54, 1.807) is 23.1 Å². The second-order valence-electron chi connectivity index (χ2n) is 7.56. The molecule has 31 heavy (non-hydrogen) atoms. The third-order valence-electron chi connectivity index (χ3n) is 5.34. The molecule has 1 saturated heterocycles. The van der Waals surface area contributed by atoms with E-state index in [0.717, 1.165) is 40.7 Å². The summed E-state index contributed by atoms with van der Waals surface area (Å²) in [7, 11) is 0. The summed E-state index contributed by atoms with van der Waals surface area (Å²) >= 11 is 4.91. The van der Waals surface area contributed by atoms with Crippen molar-refractivity contribution in [1.29, 1.82) is 0 Å². The molecule has 4 aromatic rings. The predicted molar refractivity (Wildman–Crippen MR) is 126 cm³/mol. The first-order valence-corrected chi connectivity index (χ1v) is 12.9. The molecule has 1 aliphatic rings. The van der Waals surface area contributed by atoms with Crippen LogP contribution in [0.4, 0.5) is 0 Å². The number of fused-ring (bicyclic) bond motifs is 1. The summed E-state index contributed by atoms with van der Waals surface area (Å²) in [5.41, 5.74) is 1.22. The summed E-state index contributed by atoms with van der Waals surface area (Å²) in [6, 6.07) is 10.3. The first-order chi connectivity index (χ1) is 15.2. The molecule has 0 spiro atoms. The van der Waals surface area contributed by atoms with Crippen molar-refractivity contribution in [1.82, 2.24) is 25.1 Å². The molecule has 0 bridgehead atoms. The molecule has 0 N–H and O–H groups in total. The lowest BCUT2D eigenvalue weighted by molar-refractivity contribution is 0.278. The number of hydrogen-bond acceptors (Lipinski definition) is 9. The largest absolute Gasteiger partial charge is 0.414 e. The van der Waals surface area contributed by atoms with Gasteiger partial charge >= 0.3 is 0 Å². The van der Waals surface area contributed by atoms with Gasteiger partial charge in [0.1, 0.15) is 15.7 Å². The quantitative estimate of drug-likeness (QED) is 0.251. The SMILES string of the molecule is Cc1sc2nc(CSc3ccccc3)nc(Sc3nnc(CN4CCCC4)o3)c2c1C. The maximum Gasteiger partial charge on any atom is 0.283 e. The minimum atomic E-state index is 0.541. The van der Waals surface area contributed by atoms with E-state index < -0.39 is 0 Å². The van der Waals surface area contributed by atoms with Gasteiger partial charge in [-0.2, -0.15) is 0 Å². The van der Waals surface area contributed by atoms with Crippen LogP contribution in [0.1, 0.15) is 35.0 Å². The smallest absolute Gasteiger partial charge is 0.283 e. The lowest BCUT2D eigenvalue weighted by Crippen LogP contribution is -2.18. The fourth-order valence-corrected chi connectivity index (χ4v) is 6.39. The third-order valence-corrected chi connectivity index (χ3v) is 8.28. The van der Waals surface area contributed by atoms with Crippen molar-refractivity contribution in [2.24, 2.45) is 0 Å². The van der Waals surface area contributed by atoms with Crippen LogP contribution >= 0.6 is 34.9 Å². The van der Waals surface area contributed by atoms with Gasteiger partial charge in [0.2, 0.25) is 5.89 Å². The molecule has 9 heteroatoms. The molecule has 0 atom stereocenters. The van der Waals surface area contributed by atoms with Crippen LogP contribution in [0.3, 0.4) is 0 Å². The maximum atomic E-state index is 5.95. The summed E-state index contributed by atoms with van der Waals surface area (Å²) in [5, 5.41) is 11.1. The molecule has 0 unspecified atom stereocenters. The molecule has 0 amide bonds. The standard InChI is InChI=1S/C22H23N5OS3/c1-14-15(2)30-20-19(14)21(24-17(23-20)13-29-16-8-4-3-5-9-16)31-22-26-25-18(28-22)12-27-10-6-7-11-27/h3-5,8-9H,6-7,10-13H2,1-2H3. The van der Waals surface area contributed by atoms with Gasteiger partial charge < -0.3 is 4.42 Å². The highest BCUT2D eigenvalue weighted by Gasteiger charge is 2.20. The predicted octanol–water partition coefficient (Wildman–Crippen LogP) is 5.73. The van der Waals surface area contributed by atoms with Crippen molar-refractivity contribution < 1.29 is 4.42 Å². The second kappa shape index (κ2) is 9.28. The Hall–Kier alpha value is -1.94. The Morgan fingerprint density at radius 2 is 1.87 bits per heavy atom. The minimum absolute atomic E-state index is 0.541. The van der Waals surface area contributed by atoms with Crippen molar-refractivity contribution in [3.63, 3.8) is 0 Å². The van der Waals surface area contributed by atoms with Gasteiger partial charge in [-0.3, -0.25) is 4.90 Å². The van der Waals surface area contributed by atoms with Crippen molar-refractivity contribution in [2.75, 3.05) is 13.1 Å². The van der Waals surface area contributed by atoms with Crippen molar-refractivity contribution in [2.45, 2.75) is 54.1 Å². The van der Waals surface area contributed by atoms with Gasteiger partial charge in [-0.05, 0) is 69.2 Å². The van der Waals surface area contributed by atoms with Gasteiger partial charge in [0.25, 0.3) is 5.22 Å². The molecule has 0 saturated carbocycles. The van der Waals surface area contributed by atoms with Gasteiger partial charge in [0, 0.05) is 15.2 Å². The Labute approximate surface area is 193 Å². The summed E-state index contributed by atoms with van der Waals surface area (Å²) in [5.74, 6) is 2.21. The number of thioether (sulfide) groups is 1. The molecule has 4 heterocycles. The highest BCUT2D eigenvalue weighted by molar-refractivity contribution is 7.99. The number of aryl methyl sites for hydroxylation is 2. The van der Waals surface area contributed by atoms with Crippen LogP contribution in [0.2, 0.25) is 0 Å². The number of benzene rings is 1. The molecule has 1 fully saturated rings. The number of thiophene rings is 1. The monoisotopic (exact) mass is 469 g/mol. The topological polar surface area (TPSA) is 67.9 Å². The molecule has 1 aromatic carbocycles. The van der Waals surface area contributed by atoms with E-state index in [-0.39, 0.29) is 0 Å². The van der Waals surface area contributed by atoms with Crippen LogP contribution in [0.15, 0.2) is 49.9 Å². The van der Waals surface area contributed by atoms with Crippen LogP contribution in [-0.2, 0) is 12.3 Å². The van der Waals surface area contributed by atoms with Crippen LogP contribution in [0, 0.1) is 13.8 Å². The molecule has 6 nitrogen and oxygen atoms in total. The summed E-state index contributed by atoms with van der Waals surface area (Å²) < 4.78 is 5.95. The lowest BCUT2D eigenvalue weighted by atomic mass is 10.2. The van der Waals surface area contributed by atoms with Gasteiger partial charge in [0.15, 0.2) is 0 Å². The summed E-state index contributed by atoms with van der Waals surface area (Å²) in [4.78, 5) is 15.6. The average Bonchev–Trinajstić information content (AvgIpc) is 3.50. The van der Waals surface area contributed by atoms with Gasteiger partial charge in [-0.1, -0.05) is 18.2 Å². The zero-order valence-electron chi connectivity index (χ0n) is 17.5. The molecule has 0 aliphatic carbocycles. The molecule has 0 radical (unpaired) electrons. The normalized spacial score (nSPS) is 14.6. The van der Waals surface area contributed by atoms with Crippen molar-refractivity contribution >= 4 is 45.1 Å². The van der Waals surface area contributed by atoms with Gasteiger partial charge in [0.05, 0.1) is 12.3 Å². The van der Waals surface area contributed by atoms with Crippen LogP contribution in [0.25, 0.3) is 10.2 Å². The van der Waals surface area contributed by atoms with Gasteiger partial charge in [-0.15, -0.1) is 33.3 Å². The Kier molecular flexibility index (Phi) is 6.27. The summed E-state index contributed by atoms with van der Waals surface area (Å²) in [6.45, 7) is 7.20. The molecular formula is C22H23N5OS3. The molecule has 160 valence electrons. The van der Waals surface area contributed by atoms with Crippen molar-refractivity contribution in [3.8, 4) is 0 Å². The highest BCUT2D eigenvalue weighted by Crippen LogP contribution is 2.38. The highest BCUT2D eigenvalue weighted by atomic mass is 32.2. The van der Waals surface area contributed by atoms with Gasteiger partial charge in [-0.25, -0.2) is 9.97 Å². The Morgan fingerprint density at radius 1 is 1.06 bits per heavy atom. The fraction of sp³-hybridized carbons (Fsp3) is 0.364. The Balaban J connectivity index is 1.40. The molecule has 1 aliphatic heterocycles. The zero-order chi connectivity index (χ0) is 21.2. The van der Waals surface area contributed by atoms with Crippen molar-refractivity contribution in [3.05, 3.63) is 52.5 Å². The Bertz CT molecular complexity index is 1180. The average molecular weight is 470 g/mol. The second-order valence-corrected chi connectivity index (χ2v) is 10.7. The molecular weight excluding hydrogens is 446 g/mol. The molecule has 3 aromatic heterocycles. The van der Waals surface area contributed by atoms with E-state index in [0.29, 0.717) is 16.9 Å².